The van der Waals surface area contributed by atoms with Crippen LogP contribution in [0.25, 0.3) is 76.5 Å². The van der Waals surface area contributed by atoms with Crippen LogP contribution in [0.2, 0.25) is 0 Å². The second-order valence-electron chi connectivity index (χ2n) is 11.9. The van der Waals surface area contributed by atoms with E-state index in [9.17, 15) is 0 Å². The van der Waals surface area contributed by atoms with Gasteiger partial charge in [-0.1, -0.05) is 151 Å². The van der Waals surface area contributed by atoms with Crippen LogP contribution in [-0.2, 0) is 5.75 Å². The van der Waals surface area contributed by atoms with E-state index < -0.39 is 0 Å². The summed E-state index contributed by atoms with van der Waals surface area (Å²) in [6.07, 6.45) is 1.61. The molecule has 0 saturated heterocycles. The molecule has 0 radical (unpaired) electrons. The Kier molecular flexibility index (Phi) is 7.28. The molecule has 8 rings (SSSR count). The van der Waals surface area contributed by atoms with Gasteiger partial charge in [0.15, 0.2) is 0 Å². The number of fused-ring (bicyclic) bond motifs is 4. The van der Waals surface area contributed by atoms with Gasteiger partial charge in [0.25, 0.3) is 0 Å². The lowest BCUT2D eigenvalue weighted by Gasteiger charge is -2.22. The van der Waals surface area contributed by atoms with Crippen molar-refractivity contribution < 1.29 is 0 Å². The van der Waals surface area contributed by atoms with Gasteiger partial charge in [0.1, 0.15) is 0 Å². The first-order chi connectivity index (χ1) is 22.7. The summed E-state index contributed by atoms with van der Waals surface area (Å²) in [5, 5.41) is 12.1. The summed E-state index contributed by atoms with van der Waals surface area (Å²) in [4.78, 5) is 0. The van der Waals surface area contributed by atoms with E-state index in [1.54, 1.807) is 18.0 Å². The highest BCUT2D eigenvalue weighted by Gasteiger charge is 2.22. The second-order valence-corrected chi connectivity index (χ2v) is 12.8. The number of hydrogen-bond donors (Lipinski definition) is 1. The van der Waals surface area contributed by atoms with Crippen LogP contribution in [0.4, 0.5) is 0 Å². The fourth-order valence-corrected chi connectivity index (χ4v) is 7.81. The highest BCUT2D eigenvalue weighted by Crippen LogP contribution is 2.50. The molecule has 0 saturated carbocycles. The maximum absolute atomic E-state index is 5.61. The third kappa shape index (κ3) is 4.74. The van der Waals surface area contributed by atoms with Crippen LogP contribution in [0.1, 0.15) is 11.1 Å². The third-order valence-electron chi connectivity index (χ3n) is 9.06. The van der Waals surface area contributed by atoms with E-state index in [1.165, 1.54) is 87.6 Å². The summed E-state index contributed by atoms with van der Waals surface area (Å²) in [5.74, 6) is 0.876. The average Bonchev–Trinajstić information content (AvgIpc) is 3.10. The molecule has 8 aromatic rings. The van der Waals surface area contributed by atoms with Gasteiger partial charge in [-0.3, -0.25) is 0 Å². The van der Waals surface area contributed by atoms with Crippen LogP contribution < -0.4 is 5.73 Å². The Labute approximate surface area is 274 Å². The van der Waals surface area contributed by atoms with E-state index in [0.717, 1.165) is 5.75 Å². The Morgan fingerprint density at radius 3 is 1.26 bits per heavy atom. The summed E-state index contributed by atoms with van der Waals surface area (Å²) in [5.41, 5.74) is 15.8. The van der Waals surface area contributed by atoms with Gasteiger partial charge in [-0.25, -0.2) is 0 Å². The largest absolute Gasteiger partial charge is 0.404 e. The maximum Gasteiger partial charge on any atom is 0.0226 e. The van der Waals surface area contributed by atoms with Crippen molar-refractivity contribution in [2.45, 2.75) is 12.7 Å². The lowest BCUT2D eigenvalue weighted by molar-refractivity contribution is 1.42. The number of nitrogens with two attached hydrogens (primary N) is 1. The van der Waals surface area contributed by atoms with E-state index in [1.807, 2.05) is 5.41 Å². The molecule has 0 aliphatic carbocycles. The van der Waals surface area contributed by atoms with Gasteiger partial charge >= 0.3 is 0 Å². The lowest BCUT2D eigenvalue weighted by Crippen LogP contribution is -1.95. The molecular formula is C44H33NS. The van der Waals surface area contributed by atoms with Gasteiger partial charge in [0.05, 0.1) is 0 Å². The number of rotatable bonds is 6. The molecule has 0 unspecified atom stereocenters. The fourth-order valence-electron chi connectivity index (χ4n) is 7.23. The SMILES string of the molecule is Cc1cccc(-c2c3ccccc3c(-c3c4ccccc4c(-c4cccc(CS/C=C\N)c4)c4ccccc34)c3ccccc23)c1. The summed E-state index contributed by atoms with van der Waals surface area (Å²) < 4.78 is 0. The normalized spacial score (nSPS) is 11.8. The topological polar surface area (TPSA) is 26.0 Å². The Morgan fingerprint density at radius 2 is 0.848 bits per heavy atom. The first-order valence-electron chi connectivity index (χ1n) is 15.7. The zero-order chi connectivity index (χ0) is 31.0. The van der Waals surface area contributed by atoms with Crippen LogP contribution in [0.5, 0.6) is 0 Å². The maximum atomic E-state index is 5.61. The van der Waals surface area contributed by atoms with Crippen molar-refractivity contribution in [2.24, 2.45) is 5.73 Å². The number of thioether (sulfide) groups is 1. The standard InChI is InChI=1S/C44H33NS/c1-29-12-10-14-31(26-29)41-33-16-2-6-20-37(33)43(38-21-7-3-17-34(38)41)44-39-22-8-4-18-35(39)42(36-19-5-9-23-40(36)44)32-15-11-13-30(27-32)28-46-25-24-45/h2-27H,28,45H2,1H3/b25-24-. The van der Waals surface area contributed by atoms with Crippen molar-refractivity contribution in [1.29, 1.82) is 0 Å². The first kappa shape index (κ1) is 28.2. The Bertz CT molecular complexity index is 2340. The molecule has 0 bridgehead atoms. The van der Waals surface area contributed by atoms with Gasteiger partial charge in [-0.05, 0) is 94.4 Å². The molecule has 0 aromatic heterocycles. The smallest absolute Gasteiger partial charge is 0.0226 e. The van der Waals surface area contributed by atoms with E-state index in [-0.39, 0.29) is 0 Å². The van der Waals surface area contributed by atoms with Crippen molar-refractivity contribution >= 4 is 54.9 Å². The molecule has 0 aliphatic rings. The molecule has 8 aromatic carbocycles. The summed E-state index contributed by atoms with van der Waals surface area (Å²) in [6.45, 7) is 2.17. The third-order valence-corrected chi connectivity index (χ3v) is 9.91. The van der Waals surface area contributed by atoms with E-state index in [2.05, 4.69) is 153 Å². The highest BCUT2D eigenvalue weighted by atomic mass is 32.2. The van der Waals surface area contributed by atoms with Crippen LogP contribution in [0.15, 0.2) is 157 Å². The van der Waals surface area contributed by atoms with Crippen molar-refractivity contribution in [3.05, 3.63) is 168 Å². The monoisotopic (exact) mass is 607 g/mol. The molecule has 2 heteroatoms. The molecule has 1 nitrogen and oxygen atoms in total. The minimum atomic E-state index is 0.876. The Balaban J connectivity index is 1.50. The molecule has 0 amide bonds. The van der Waals surface area contributed by atoms with Gasteiger partial charge in [-0.2, -0.15) is 0 Å². The van der Waals surface area contributed by atoms with Gasteiger partial charge in [-0.15, -0.1) is 11.8 Å². The van der Waals surface area contributed by atoms with Crippen molar-refractivity contribution in [3.63, 3.8) is 0 Å². The van der Waals surface area contributed by atoms with Crippen molar-refractivity contribution in [1.82, 2.24) is 0 Å². The second kappa shape index (κ2) is 11.9. The van der Waals surface area contributed by atoms with Crippen LogP contribution in [0, 0.1) is 6.92 Å². The minimum absolute atomic E-state index is 0.876. The molecule has 0 spiro atoms. The molecule has 46 heavy (non-hydrogen) atoms. The number of benzene rings is 8. The molecular weight excluding hydrogens is 575 g/mol. The van der Waals surface area contributed by atoms with Crippen LogP contribution >= 0.6 is 11.8 Å². The summed E-state index contributed by atoms with van der Waals surface area (Å²) in [7, 11) is 0. The van der Waals surface area contributed by atoms with Crippen LogP contribution in [0.3, 0.4) is 0 Å². The molecule has 0 aliphatic heterocycles. The molecule has 0 heterocycles. The lowest BCUT2D eigenvalue weighted by atomic mass is 9.81. The highest BCUT2D eigenvalue weighted by molar-refractivity contribution is 8.01. The predicted octanol–water partition coefficient (Wildman–Crippen LogP) is 12.3. The van der Waals surface area contributed by atoms with Gasteiger partial charge < -0.3 is 5.73 Å². The van der Waals surface area contributed by atoms with Crippen LogP contribution in [-0.4, -0.2) is 0 Å². The quantitative estimate of drug-likeness (QED) is 0.190. The molecule has 2 N–H and O–H groups in total. The van der Waals surface area contributed by atoms with Gasteiger partial charge in [0.2, 0.25) is 0 Å². The number of hydrogen-bond acceptors (Lipinski definition) is 2. The van der Waals surface area contributed by atoms with Crippen molar-refractivity contribution in [3.8, 4) is 33.4 Å². The van der Waals surface area contributed by atoms with E-state index in [4.69, 9.17) is 5.73 Å². The Morgan fingerprint density at radius 1 is 0.457 bits per heavy atom. The predicted molar refractivity (Wildman–Crippen MR) is 202 cm³/mol. The first-order valence-corrected chi connectivity index (χ1v) is 16.8. The van der Waals surface area contributed by atoms with E-state index >= 15 is 0 Å². The zero-order valence-corrected chi connectivity index (χ0v) is 26.5. The number of aryl methyl sites for hydroxylation is 1. The Hall–Kier alpha value is -5.31. The van der Waals surface area contributed by atoms with Gasteiger partial charge in [0, 0.05) is 12.0 Å². The minimum Gasteiger partial charge on any atom is -0.404 e. The average molecular weight is 608 g/mol. The molecule has 220 valence electrons. The van der Waals surface area contributed by atoms with E-state index in [0.29, 0.717) is 0 Å². The van der Waals surface area contributed by atoms with Crippen molar-refractivity contribution in [2.75, 3.05) is 0 Å². The molecule has 0 fully saturated rings. The summed E-state index contributed by atoms with van der Waals surface area (Å²) >= 11 is 1.71. The fraction of sp³-hybridized carbons (Fsp3) is 0.0455. The summed E-state index contributed by atoms with van der Waals surface area (Å²) in [6, 6.07) is 53.7. The zero-order valence-electron chi connectivity index (χ0n) is 25.7. The molecule has 0 atom stereocenters.